The minimum Gasteiger partial charge on any atom is -0.478 e. The number of nitrogens with one attached hydrogen (secondary N) is 1. The predicted octanol–water partition coefficient (Wildman–Crippen LogP) is 5.12. The van der Waals surface area contributed by atoms with Gasteiger partial charge in [0.05, 0.1) is 0 Å². The van der Waals surface area contributed by atoms with E-state index in [-0.39, 0.29) is 45.8 Å². The summed E-state index contributed by atoms with van der Waals surface area (Å²) in [4.78, 5) is 28.4. The molecule has 2 N–H and O–H groups in total. The Labute approximate surface area is 163 Å². The normalized spacial score (nSPS) is 16.6. The Morgan fingerprint density at radius 3 is 2.86 bits per heavy atom. The van der Waals surface area contributed by atoms with Crippen LogP contribution in [0.25, 0.3) is 16.7 Å². The van der Waals surface area contributed by atoms with Crippen LogP contribution in [0.5, 0.6) is 0 Å². The second-order valence-electron chi connectivity index (χ2n) is 6.46. The van der Waals surface area contributed by atoms with Crippen LogP contribution in [0, 0.1) is 5.92 Å². The summed E-state index contributed by atoms with van der Waals surface area (Å²) in [6.07, 6.45) is 3.63. The molecule has 1 atom stereocenters. The number of carboxylic acids is 1. The molecule has 0 aliphatic heterocycles. The van der Waals surface area contributed by atoms with Gasteiger partial charge in [-0.2, -0.15) is 0 Å². The molecule has 2 heterocycles. The molecule has 28 heavy (non-hydrogen) atoms. The van der Waals surface area contributed by atoms with E-state index in [2.05, 4.69) is 10.3 Å². The van der Waals surface area contributed by atoms with Gasteiger partial charge in [-0.3, -0.25) is 4.79 Å². The number of para-hydroxylation sites is 2. The Kier molecular flexibility index (Phi) is 4.56. The number of aromatic nitrogens is 1. The molecule has 1 amide bonds. The van der Waals surface area contributed by atoms with Gasteiger partial charge in [0, 0.05) is 22.9 Å². The maximum atomic E-state index is 14.4. The number of thiophene rings is 1. The molecule has 4 rings (SSSR count). The summed E-state index contributed by atoms with van der Waals surface area (Å²) in [6, 6.07) is 6.90. The summed E-state index contributed by atoms with van der Waals surface area (Å²) in [7, 11) is 0. The fourth-order valence-electron chi connectivity index (χ4n) is 3.03. The van der Waals surface area contributed by atoms with Crippen LogP contribution in [0.15, 0.2) is 52.0 Å². The van der Waals surface area contributed by atoms with E-state index < -0.39 is 11.9 Å². The van der Waals surface area contributed by atoms with Crippen molar-refractivity contribution >= 4 is 44.9 Å². The zero-order chi connectivity index (χ0) is 19.8. The van der Waals surface area contributed by atoms with Gasteiger partial charge in [0.2, 0.25) is 0 Å². The molecule has 3 aromatic rings. The monoisotopic (exact) mass is 398 g/mol. The zero-order valence-electron chi connectivity index (χ0n) is 14.7. The highest BCUT2D eigenvalue weighted by Gasteiger charge is 2.26. The highest BCUT2D eigenvalue weighted by atomic mass is 32.1. The second kappa shape index (κ2) is 7.05. The van der Waals surface area contributed by atoms with E-state index in [1.807, 2.05) is 13.0 Å². The molecule has 1 unspecified atom stereocenters. The number of halogens is 1. The Morgan fingerprint density at radius 2 is 2.14 bits per heavy atom. The number of anilines is 1. The summed E-state index contributed by atoms with van der Waals surface area (Å²) < 4.78 is 19.8. The minimum absolute atomic E-state index is 0.0500. The van der Waals surface area contributed by atoms with Crippen molar-refractivity contribution in [2.75, 3.05) is 5.32 Å². The number of amides is 1. The van der Waals surface area contributed by atoms with Crippen LogP contribution in [-0.2, 0) is 0 Å². The fraction of sp³-hybridized carbons (Fsp3) is 0.150. The molecule has 1 aliphatic carbocycles. The summed E-state index contributed by atoms with van der Waals surface area (Å²) in [5.41, 5.74) is 1.29. The van der Waals surface area contributed by atoms with Gasteiger partial charge >= 0.3 is 11.9 Å². The molecule has 0 saturated heterocycles. The van der Waals surface area contributed by atoms with Gasteiger partial charge in [0.25, 0.3) is 5.89 Å². The minimum atomic E-state index is -1.25. The van der Waals surface area contributed by atoms with Crippen LogP contribution in [0.1, 0.15) is 40.0 Å². The van der Waals surface area contributed by atoms with E-state index in [9.17, 15) is 19.1 Å². The van der Waals surface area contributed by atoms with E-state index >= 15 is 0 Å². The molecule has 1 aromatic carbocycles. The lowest BCUT2D eigenvalue weighted by atomic mass is 9.92. The SMILES string of the molecule is CC1C=CC(c2csc(NC(=O)c3nc4ccccc4o3)c2C(=O)O)=C(F)C1. The number of carboxylic acid groups (broad SMARTS) is 1. The molecule has 1 aliphatic rings. The van der Waals surface area contributed by atoms with Crippen LogP contribution in [0.3, 0.4) is 0 Å². The van der Waals surface area contributed by atoms with E-state index in [1.165, 1.54) is 5.38 Å². The summed E-state index contributed by atoms with van der Waals surface area (Å²) >= 11 is 1.01. The number of fused-ring (bicyclic) bond motifs is 1. The highest BCUT2D eigenvalue weighted by Crippen LogP contribution is 2.38. The highest BCUT2D eigenvalue weighted by molar-refractivity contribution is 7.15. The van der Waals surface area contributed by atoms with Crippen molar-refractivity contribution < 1.29 is 23.5 Å². The van der Waals surface area contributed by atoms with Gasteiger partial charge in [0.1, 0.15) is 21.9 Å². The Morgan fingerprint density at radius 1 is 1.36 bits per heavy atom. The average Bonchev–Trinajstić information content (AvgIpc) is 3.26. The topological polar surface area (TPSA) is 92.4 Å². The molecule has 142 valence electrons. The first-order chi connectivity index (χ1) is 13.4. The van der Waals surface area contributed by atoms with Crippen molar-refractivity contribution in [1.82, 2.24) is 4.98 Å². The summed E-state index contributed by atoms with van der Waals surface area (Å²) in [5.74, 6) is -2.42. The lowest BCUT2D eigenvalue weighted by Gasteiger charge is -2.14. The van der Waals surface area contributed by atoms with Crippen LogP contribution in [0.4, 0.5) is 9.39 Å². The van der Waals surface area contributed by atoms with Crippen LogP contribution in [0.2, 0.25) is 0 Å². The molecule has 0 radical (unpaired) electrons. The first-order valence-electron chi connectivity index (χ1n) is 8.53. The molecular weight excluding hydrogens is 383 g/mol. The van der Waals surface area contributed by atoms with Gasteiger partial charge in [0.15, 0.2) is 5.58 Å². The van der Waals surface area contributed by atoms with Gasteiger partial charge in [-0.15, -0.1) is 11.3 Å². The van der Waals surface area contributed by atoms with Gasteiger partial charge in [-0.25, -0.2) is 14.2 Å². The molecular formula is C20H15FN2O4S. The number of allylic oxidation sites excluding steroid dienone is 4. The summed E-state index contributed by atoms with van der Waals surface area (Å²) in [6.45, 7) is 1.88. The molecule has 0 bridgehead atoms. The Bertz CT molecular complexity index is 1130. The number of carbonyl (C=O) groups is 2. The number of carbonyl (C=O) groups excluding carboxylic acids is 1. The number of aromatic carboxylic acids is 1. The number of oxazole rings is 1. The van der Waals surface area contributed by atoms with Crippen LogP contribution in [-0.4, -0.2) is 22.0 Å². The van der Waals surface area contributed by atoms with Crippen molar-refractivity contribution in [2.24, 2.45) is 5.92 Å². The average molecular weight is 398 g/mol. The number of rotatable bonds is 4. The van der Waals surface area contributed by atoms with Crippen LogP contribution >= 0.6 is 11.3 Å². The number of hydrogen-bond acceptors (Lipinski definition) is 5. The quantitative estimate of drug-likeness (QED) is 0.637. The second-order valence-corrected chi connectivity index (χ2v) is 7.34. The maximum absolute atomic E-state index is 14.4. The number of hydrogen-bond donors (Lipinski definition) is 2. The first kappa shape index (κ1) is 18.1. The van der Waals surface area contributed by atoms with Gasteiger partial charge in [-0.1, -0.05) is 31.2 Å². The van der Waals surface area contributed by atoms with E-state index in [0.717, 1.165) is 11.3 Å². The smallest absolute Gasteiger partial charge is 0.339 e. The van der Waals surface area contributed by atoms with Crippen molar-refractivity contribution in [2.45, 2.75) is 13.3 Å². The van der Waals surface area contributed by atoms with Gasteiger partial charge in [-0.05, 0) is 18.1 Å². The van der Waals surface area contributed by atoms with E-state index in [0.29, 0.717) is 11.1 Å². The zero-order valence-corrected chi connectivity index (χ0v) is 15.5. The van der Waals surface area contributed by atoms with Crippen molar-refractivity contribution in [3.05, 3.63) is 64.6 Å². The van der Waals surface area contributed by atoms with E-state index in [1.54, 1.807) is 30.3 Å². The predicted molar refractivity (Wildman–Crippen MR) is 104 cm³/mol. The third-order valence-electron chi connectivity index (χ3n) is 4.40. The lowest BCUT2D eigenvalue weighted by Crippen LogP contribution is -2.14. The molecule has 2 aromatic heterocycles. The van der Waals surface area contributed by atoms with Gasteiger partial charge < -0.3 is 14.8 Å². The Balaban J connectivity index is 1.68. The fourth-order valence-corrected chi connectivity index (χ4v) is 3.98. The molecule has 8 heteroatoms. The first-order valence-corrected chi connectivity index (χ1v) is 9.41. The van der Waals surface area contributed by atoms with E-state index in [4.69, 9.17) is 4.42 Å². The van der Waals surface area contributed by atoms with Crippen molar-refractivity contribution in [3.63, 3.8) is 0 Å². The molecule has 0 fully saturated rings. The Hall–Kier alpha value is -3.26. The molecule has 0 saturated carbocycles. The van der Waals surface area contributed by atoms with Crippen LogP contribution < -0.4 is 5.32 Å². The summed E-state index contributed by atoms with van der Waals surface area (Å²) in [5, 5.41) is 13.8. The van der Waals surface area contributed by atoms with Crippen molar-refractivity contribution in [1.29, 1.82) is 0 Å². The standard InChI is InChI=1S/C20H15FN2O4S/c1-10-6-7-11(13(21)8-10)12-9-28-19(16(12)20(25)26)23-17(24)18-22-14-4-2-3-5-15(14)27-18/h2-7,9-10H,8H2,1H3,(H,23,24)(H,25,26). The maximum Gasteiger partial charge on any atom is 0.339 e. The number of nitrogens with zero attached hydrogens (tertiary/aromatic N) is 1. The number of benzene rings is 1. The van der Waals surface area contributed by atoms with Crippen molar-refractivity contribution in [3.8, 4) is 0 Å². The lowest BCUT2D eigenvalue weighted by molar-refractivity contribution is 0.0698. The molecule has 6 nitrogen and oxygen atoms in total. The third-order valence-corrected chi connectivity index (χ3v) is 5.29. The largest absolute Gasteiger partial charge is 0.478 e. The molecule has 0 spiro atoms. The third kappa shape index (κ3) is 3.22.